The number of benzene rings is 2. The van der Waals surface area contributed by atoms with E-state index in [1.54, 1.807) is 12.1 Å². The van der Waals surface area contributed by atoms with Gasteiger partial charge in [0.2, 0.25) is 5.91 Å². The summed E-state index contributed by atoms with van der Waals surface area (Å²) in [6, 6.07) is 13.7. The van der Waals surface area contributed by atoms with Gasteiger partial charge in [-0.2, -0.15) is 0 Å². The third-order valence-electron chi connectivity index (χ3n) is 4.77. The molecule has 5 heteroatoms. The molecule has 1 saturated carbocycles. The van der Waals surface area contributed by atoms with E-state index in [-0.39, 0.29) is 24.4 Å². The topological polar surface area (TPSA) is 61.4 Å². The molecule has 1 fully saturated rings. The molecule has 0 spiro atoms. The zero-order valence-electron chi connectivity index (χ0n) is 16.2. The third-order valence-corrected chi connectivity index (χ3v) is 4.77. The van der Waals surface area contributed by atoms with E-state index in [9.17, 15) is 9.59 Å². The molecule has 1 aliphatic carbocycles. The molecule has 0 aliphatic heterocycles. The van der Waals surface area contributed by atoms with Crippen molar-refractivity contribution in [1.82, 2.24) is 5.32 Å². The standard InChI is InChI=1S/C22H27N3O2/c1-4-25(20-12-9-15(2)13-16(20)3)14-21(26)24-19-8-6-5-7-18(19)22(27)23-17-10-11-17/h5-9,12-13,17H,4,10-11,14H2,1-3H3,(H,23,27)(H,24,26). The summed E-state index contributed by atoms with van der Waals surface area (Å²) in [6.45, 7) is 7.10. The molecule has 0 bridgehead atoms. The maximum absolute atomic E-state index is 12.7. The molecule has 1 aliphatic rings. The average molecular weight is 365 g/mol. The van der Waals surface area contributed by atoms with Gasteiger partial charge in [0.15, 0.2) is 0 Å². The maximum atomic E-state index is 12.7. The van der Waals surface area contributed by atoms with Crippen molar-refractivity contribution in [3.05, 3.63) is 59.2 Å². The lowest BCUT2D eigenvalue weighted by Crippen LogP contribution is -2.34. The molecule has 0 radical (unpaired) electrons. The first-order valence-corrected chi connectivity index (χ1v) is 9.50. The second kappa shape index (κ2) is 8.25. The number of nitrogens with zero attached hydrogens (tertiary/aromatic N) is 1. The van der Waals surface area contributed by atoms with Crippen molar-refractivity contribution in [2.45, 2.75) is 39.7 Å². The van der Waals surface area contributed by atoms with Gasteiger partial charge in [-0.15, -0.1) is 0 Å². The minimum absolute atomic E-state index is 0.130. The molecule has 5 nitrogen and oxygen atoms in total. The molecule has 0 unspecified atom stereocenters. The average Bonchev–Trinajstić information content (AvgIpc) is 3.44. The molecule has 2 aromatic carbocycles. The Kier molecular flexibility index (Phi) is 5.79. The molecule has 27 heavy (non-hydrogen) atoms. The molecular formula is C22H27N3O2. The van der Waals surface area contributed by atoms with Gasteiger partial charge in [0.1, 0.15) is 0 Å². The van der Waals surface area contributed by atoms with Gasteiger partial charge in [-0.3, -0.25) is 9.59 Å². The van der Waals surface area contributed by atoms with E-state index in [0.29, 0.717) is 11.3 Å². The summed E-state index contributed by atoms with van der Waals surface area (Å²) < 4.78 is 0. The van der Waals surface area contributed by atoms with Crippen molar-refractivity contribution in [2.24, 2.45) is 0 Å². The van der Waals surface area contributed by atoms with E-state index in [1.165, 1.54) is 5.56 Å². The van der Waals surface area contributed by atoms with Crippen LogP contribution >= 0.6 is 0 Å². The number of para-hydroxylation sites is 1. The predicted molar refractivity (Wildman–Crippen MR) is 109 cm³/mol. The summed E-state index contributed by atoms with van der Waals surface area (Å²) in [5.74, 6) is -0.265. The molecule has 0 aromatic heterocycles. The number of aryl methyl sites for hydroxylation is 2. The number of carbonyl (C=O) groups excluding carboxylic acids is 2. The molecule has 0 heterocycles. The van der Waals surface area contributed by atoms with Crippen LogP contribution < -0.4 is 15.5 Å². The molecule has 3 rings (SSSR count). The van der Waals surface area contributed by atoms with Crippen molar-refractivity contribution in [3.63, 3.8) is 0 Å². The molecule has 2 amide bonds. The molecule has 142 valence electrons. The zero-order chi connectivity index (χ0) is 19.4. The second-order valence-electron chi connectivity index (χ2n) is 7.15. The summed E-state index contributed by atoms with van der Waals surface area (Å²) in [5.41, 5.74) is 4.46. The number of carbonyl (C=O) groups is 2. The summed E-state index contributed by atoms with van der Waals surface area (Å²) >= 11 is 0. The van der Waals surface area contributed by atoms with Gasteiger partial charge in [0.05, 0.1) is 17.8 Å². The molecule has 0 saturated heterocycles. The highest BCUT2D eigenvalue weighted by Gasteiger charge is 2.25. The Morgan fingerprint density at radius 3 is 2.52 bits per heavy atom. The number of hydrogen-bond donors (Lipinski definition) is 2. The highest BCUT2D eigenvalue weighted by atomic mass is 16.2. The van der Waals surface area contributed by atoms with Gasteiger partial charge < -0.3 is 15.5 Å². The predicted octanol–water partition coefficient (Wildman–Crippen LogP) is 3.66. The first kappa shape index (κ1) is 19.0. The van der Waals surface area contributed by atoms with Crippen LogP contribution in [0.4, 0.5) is 11.4 Å². The van der Waals surface area contributed by atoms with Crippen LogP contribution in [0.3, 0.4) is 0 Å². The fourth-order valence-corrected chi connectivity index (χ4v) is 3.17. The van der Waals surface area contributed by atoms with Crippen molar-refractivity contribution in [1.29, 1.82) is 0 Å². The highest BCUT2D eigenvalue weighted by Crippen LogP contribution is 2.23. The maximum Gasteiger partial charge on any atom is 0.253 e. The zero-order valence-corrected chi connectivity index (χ0v) is 16.2. The highest BCUT2D eigenvalue weighted by molar-refractivity contribution is 6.04. The van der Waals surface area contributed by atoms with E-state index in [4.69, 9.17) is 0 Å². The Morgan fingerprint density at radius 1 is 1.11 bits per heavy atom. The van der Waals surface area contributed by atoms with E-state index in [0.717, 1.165) is 30.6 Å². The van der Waals surface area contributed by atoms with Crippen molar-refractivity contribution in [3.8, 4) is 0 Å². The largest absolute Gasteiger partial charge is 0.362 e. The van der Waals surface area contributed by atoms with Gasteiger partial charge >= 0.3 is 0 Å². The van der Waals surface area contributed by atoms with Crippen molar-refractivity contribution >= 4 is 23.2 Å². The fraction of sp³-hybridized carbons (Fsp3) is 0.364. The Balaban J connectivity index is 1.70. The van der Waals surface area contributed by atoms with Gasteiger partial charge in [-0.1, -0.05) is 29.8 Å². The Morgan fingerprint density at radius 2 is 1.85 bits per heavy atom. The normalized spacial score (nSPS) is 13.1. The first-order valence-electron chi connectivity index (χ1n) is 9.50. The number of amides is 2. The van der Waals surface area contributed by atoms with Crippen LogP contribution in [0.1, 0.15) is 41.3 Å². The molecule has 0 atom stereocenters. The van der Waals surface area contributed by atoms with Gasteiger partial charge in [0.25, 0.3) is 5.91 Å². The van der Waals surface area contributed by atoms with Crippen LogP contribution in [0.5, 0.6) is 0 Å². The number of rotatable bonds is 7. The molecule has 2 aromatic rings. The van der Waals surface area contributed by atoms with Crippen LogP contribution in [0.15, 0.2) is 42.5 Å². The number of hydrogen-bond acceptors (Lipinski definition) is 3. The monoisotopic (exact) mass is 365 g/mol. The second-order valence-corrected chi connectivity index (χ2v) is 7.15. The van der Waals surface area contributed by atoms with Crippen LogP contribution in [0.2, 0.25) is 0 Å². The minimum atomic E-state index is -0.136. The Hall–Kier alpha value is -2.82. The summed E-state index contributed by atoms with van der Waals surface area (Å²) in [7, 11) is 0. The third kappa shape index (κ3) is 4.88. The smallest absolute Gasteiger partial charge is 0.253 e. The van der Waals surface area contributed by atoms with Crippen LogP contribution in [0, 0.1) is 13.8 Å². The summed E-state index contributed by atoms with van der Waals surface area (Å²) in [5, 5.41) is 5.88. The number of anilines is 2. The fourth-order valence-electron chi connectivity index (χ4n) is 3.17. The summed E-state index contributed by atoms with van der Waals surface area (Å²) in [6.07, 6.45) is 2.06. The van der Waals surface area contributed by atoms with Crippen LogP contribution in [-0.2, 0) is 4.79 Å². The van der Waals surface area contributed by atoms with E-state index >= 15 is 0 Å². The van der Waals surface area contributed by atoms with Gasteiger partial charge in [0, 0.05) is 18.3 Å². The van der Waals surface area contributed by atoms with Crippen molar-refractivity contribution in [2.75, 3.05) is 23.3 Å². The lowest BCUT2D eigenvalue weighted by Gasteiger charge is -2.25. The molecular weight excluding hydrogens is 338 g/mol. The van der Waals surface area contributed by atoms with Crippen molar-refractivity contribution < 1.29 is 9.59 Å². The van der Waals surface area contributed by atoms with Crippen LogP contribution in [-0.4, -0.2) is 30.9 Å². The lowest BCUT2D eigenvalue weighted by atomic mass is 10.1. The van der Waals surface area contributed by atoms with Crippen LogP contribution in [0.25, 0.3) is 0 Å². The van der Waals surface area contributed by atoms with E-state index < -0.39 is 0 Å². The van der Waals surface area contributed by atoms with Gasteiger partial charge in [-0.05, 0) is 57.4 Å². The van der Waals surface area contributed by atoms with E-state index in [2.05, 4.69) is 42.7 Å². The molecule has 2 N–H and O–H groups in total. The SMILES string of the molecule is CCN(CC(=O)Nc1ccccc1C(=O)NC1CC1)c1ccc(C)cc1C. The first-order chi connectivity index (χ1) is 13.0. The summed E-state index contributed by atoms with van der Waals surface area (Å²) in [4.78, 5) is 27.1. The Bertz CT molecular complexity index is 843. The lowest BCUT2D eigenvalue weighted by molar-refractivity contribution is -0.115. The quantitative estimate of drug-likeness (QED) is 0.787. The Labute approximate surface area is 160 Å². The number of likely N-dealkylation sites (N-methyl/N-ethyl adjacent to an activating group) is 1. The van der Waals surface area contributed by atoms with E-state index in [1.807, 2.05) is 24.0 Å². The minimum Gasteiger partial charge on any atom is -0.362 e. The number of nitrogens with one attached hydrogen (secondary N) is 2. The van der Waals surface area contributed by atoms with Gasteiger partial charge in [-0.25, -0.2) is 0 Å².